The molecule has 0 aliphatic heterocycles. The minimum atomic E-state index is 1.13. The number of benzene rings is 8. The van der Waals surface area contributed by atoms with Gasteiger partial charge in [-0.1, -0.05) is 146 Å². The van der Waals surface area contributed by atoms with E-state index < -0.39 is 0 Å². The lowest BCUT2D eigenvalue weighted by Gasteiger charge is -2.16. The van der Waals surface area contributed by atoms with Crippen LogP contribution < -0.4 is 0 Å². The maximum Gasteiger partial charge on any atom is 0.0541 e. The van der Waals surface area contributed by atoms with Crippen LogP contribution >= 0.6 is 0 Å². The van der Waals surface area contributed by atoms with Crippen LogP contribution in [0.5, 0.6) is 0 Å². The summed E-state index contributed by atoms with van der Waals surface area (Å²) >= 11 is 0. The van der Waals surface area contributed by atoms with Crippen molar-refractivity contribution in [1.82, 2.24) is 9.13 Å². The number of rotatable bonds is 5. The molecule has 2 aromatic heterocycles. The highest BCUT2D eigenvalue weighted by Gasteiger charge is 2.18. The fraction of sp³-hybridized carbons (Fsp3) is 0. The minimum absolute atomic E-state index is 1.13. The molecule has 10 aromatic rings. The Hall–Kier alpha value is -6.64. The molecule has 234 valence electrons. The predicted molar refractivity (Wildman–Crippen MR) is 211 cm³/mol. The summed E-state index contributed by atoms with van der Waals surface area (Å²) in [5.74, 6) is 0. The molecule has 0 fully saturated rings. The molecule has 8 aromatic carbocycles. The third-order valence-corrected chi connectivity index (χ3v) is 10.1. The Balaban J connectivity index is 1.24. The zero-order valence-electron chi connectivity index (χ0n) is 27.4. The molecule has 0 amide bonds. The number of hydrogen-bond acceptors (Lipinski definition) is 0. The average Bonchev–Trinajstić information content (AvgIpc) is 3.71. The molecule has 0 unspecified atom stereocenters. The Morgan fingerprint density at radius 1 is 0.220 bits per heavy atom. The third-order valence-electron chi connectivity index (χ3n) is 10.1. The Morgan fingerprint density at radius 3 is 1.10 bits per heavy atom. The average molecular weight is 637 g/mol. The van der Waals surface area contributed by atoms with Crippen molar-refractivity contribution in [2.75, 3.05) is 0 Å². The second-order valence-corrected chi connectivity index (χ2v) is 13.0. The molecule has 0 saturated carbocycles. The van der Waals surface area contributed by atoms with Gasteiger partial charge in [-0.25, -0.2) is 0 Å². The van der Waals surface area contributed by atoms with Gasteiger partial charge >= 0.3 is 0 Å². The number of hydrogen-bond donors (Lipinski definition) is 0. The van der Waals surface area contributed by atoms with E-state index in [4.69, 9.17) is 0 Å². The molecule has 0 bridgehead atoms. The van der Waals surface area contributed by atoms with E-state index in [9.17, 15) is 0 Å². The molecule has 0 N–H and O–H groups in total. The van der Waals surface area contributed by atoms with Gasteiger partial charge in [0.25, 0.3) is 0 Å². The first-order valence-corrected chi connectivity index (χ1v) is 17.2. The highest BCUT2D eigenvalue weighted by Crippen LogP contribution is 2.39. The van der Waals surface area contributed by atoms with Gasteiger partial charge in [-0.2, -0.15) is 0 Å². The van der Waals surface area contributed by atoms with Crippen molar-refractivity contribution in [3.63, 3.8) is 0 Å². The third kappa shape index (κ3) is 4.57. The van der Waals surface area contributed by atoms with E-state index in [0.29, 0.717) is 0 Å². The van der Waals surface area contributed by atoms with Crippen LogP contribution in [0.4, 0.5) is 0 Å². The minimum Gasteiger partial charge on any atom is -0.309 e. The van der Waals surface area contributed by atoms with Crippen molar-refractivity contribution >= 4 is 43.6 Å². The summed E-state index contributed by atoms with van der Waals surface area (Å²) in [6, 6.07) is 70.5. The van der Waals surface area contributed by atoms with Gasteiger partial charge in [-0.05, 0) is 81.9 Å². The van der Waals surface area contributed by atoms with E-state index in [1.54, 1.807) is 0 Å². The first kappa shape index (κ1) is 28.4. The van der Waals surface area contributed by atoms with Crippen LogP contribution in [0.25, 0.3) is 88.4 Å². The Labute approximate surface area is 290 Å². The molecule has 50 heavy (non-hydrogen) atoms. The maximum absolute atomic E-state index is 2.44. The molecule has 0 aliphatic carbocycles. The van der Waals surface area contributed by atoms with Crippen LogP contribution in [0.15, 0.2) is 194 Å². The molecule has 2 heteroatoms. The van der Waals surface area contributed by atoms with E-state index in [2.05, 4.69) is 203 Å². The van der Waals surface area contributed by atoms with Gasteiger partial charge < -0.3 is 9.13 Å². The van der Waals surface area contributed by atoms with Gasteiger partial charge in [0.1, 0.15) is 0 Å². The first-order chi connectivity index (χ1) is 24.8. The lowest BCUT2D eigenvalue weighted by molar-refractivity contribution is 1.13. The van der Waals surface area contributed by atoms with Crippen LogP contribution in [-0.2, 0) is 0 Å². The Bertz CT molecular complexity index is 2790. The smallest absolute Gasteiger partial charge is 0.0541 e. The van der Waals surface area contributed by atoms with Crippen LogP contribution in [0, 0.1) is 0 Å². The summed E-state index contributed by atoms with van der Waals surface area (Å²) in [6.45, 7) is 0. The number of fused-ring (bicyclic) bond motifs is 6. The molecular formula is C48H32N2. The van der Waals surface area contributed by atoms with E-state index in [1.807, 2.05) is 0 Å². The lowest BCUT2D eigenvalue weighted by atomic mass is 9.99. The SMILES string of the molecule is c1ccc(-c2ccc(-c3cc(-n4c5ccccc5c5ccccc54)cc(-n4c5ccccc5c5cc(-c6ccccc6)ccc54)c3)cc2)cc1. The van der Waals surface area contributed by atoms with Gasteiger partial charge in [0, 0.05) is 32.9 Å². The quantitative estimate of drug-likeness (QED) is 0.178. The molecule has 2 nitrogen and oxygen atoms in total. The molecule has 0 atom stereocenters. The van der Waals surface area contributed by atoms with Gasteiger partial charge in [0.05, 0.1) is 22.1 Å². The van der Waals surface area contributed by atoms with Crippen LogP contribution in [-0.4, -0.2) is 9.13 Å². The number of nitrogens with zero attached hydrogens (tertiary/aromatic N) is 2. The van der Waals surface area contributed by atoms with Gasteiger partial charge in [-0.3, -0.25) is 0 Å². The van der Waals surface area contributed by atoms with E-state index in [1.165, 1.54) is 77.0 Å². The fourth-order valence-electron chi connectivity index (χ4n) is 7.77. The van der Waals surface area contributed by atoms with Crippen molar-refractivity contribution in [1.29, 1.82) is 0 Å². The molecular weight excluding hydrogens is 605 g/mol. The molecule has 10 rings (SSSR count). The van der Waals surface area contributed by atoms with Crippen molar-refractivity contribution in [2.24, 2.45) is 0 Å². The van der Waals surface area contributed by atoms with Crippen LogP contribution in [0.3, 0.4) is 0 Å². The topological polar surface area (TPSA) is 9.86 Å². The standard InChI is InChI=1S/C48H32N2/c1-3-13-33(14-4-1)35-23-25-36(26-24-35)38-29-39(49-45-20-10-7-17-41(45)42-18-8-11-21-46(42)49)32-40(30-38)50-47-22-12-9-19-43(47)44-31-37(27-28-48(44)50)34-15-5-2-6-16-34/h1-32H. The van der Waals surface area contributed by atoms with Gasteiger partial charge in [0.2, 0.25) is 0 Å². The van der Waals surface area contributed by atoms with Gasteiger partial charge in [-0.15, -0.1) is 0 Å². The lowest BCUT2D eigenvalue weighted by Crippen LogP contribution is -2.00. The second kappa shape index (κ2) is 11.5. The summed E-state index contributed by atoms with van der Waals surface area (Å²) in [4.78, 5) is 0. The predicted octanol–water partition coefficient (Wildman–Crippen LogP) is 12.9. The molecule has 0 saturated heterocycles. The highest BCUT2D eigenvalue weighted by molar-refractivity contribution is 6.11. The second-order valence-electron chi connectivity index (χ2n) is 13.0. The molecule has 2 heterocycles. The number of para-hydroxylation sites is 3. The summed E-state index contributed by atoms with van der Waals surface area (Å²) in [5.41, 5.74) is 14.3. The Morgan fingerprint density at radius 2 is 0.580 bits per heavy atom. The van der Waals surface area contributed by atoms with Crippen molar-refractivity contribution < 1.29 is 0 Å². The van der Waals surface area contributed by atoms with E-state index in [0.717, 1.165) is 11.4 Å². The van der Waals surface area contributed by atoms with Crippen LogP contribution in [0.2, 0.25) is 0 Å². The summed E-state index contributed by atoms with van der Waals surface area (Å²) in [7, 11) is 0. The first-order valence-electron chi connectivity index (χ1n) is 17.2. The van der Waals surface area contributed by atoms with Crippen molar-refractivity contribution in [2.45, 2.75) is 0 Å². The highest BCUT2D eigenvalue weighted by atomic mass is 15.0. The van der Waals surface area contributed by atoms with E-state index >= 15 is 0 Å². The molecule has 0 spiro atoms. The summed E-state index contributed by atoms with van der Waals surface area (Å²) < 4.78 is 4.87. The number of aromatic nitrogens is 2. The van der Waals surface area contributed by atoms with Crippen molar-refractivity contribution in [3.8, 4) is 44.8 Å². The molecule has 0 aliphatic rings. The normalized spacial score (nSPS) is 11.6. The maximum atomic E-state index is 2.44. The van der Waals surface area contributed by atoms with E-state index in [-0.39, 0.29) is 0 Å². The molecule has 0 radical (unpaired) electrons. The fourth-order valence-corrected chi connectivity index (χ4v) is 7.77. The van der Waals surface area contributed by atoms with Crippen molar-refractivity contribution in [3.05, 3.63) is 194 Å². The summed E-state index contributed by atoms with van der Waals surface area (Å²) in [5, 5.41) is 5.01. The zero-order chi connectivity index (χ0) is 33.0. The largest absolute Gasteiger partial charge is 0.309 e. The Kier molecular flexibility index (Phi) is 6.53. The zero-order valence-corrected chi connectivity index (χ0v) is 27.4. The van der Waals surface area contributed by atoms with Crippen LogP contribution in [0.1, 0.15) is 0 Å². The monoisotopic (exact) mass is 636 g/mol. The van der Waals surface area contributed by atoms with Gasteiger partial charge in [0.15, 0.2) is 0 Å². The summed E-state index contributed by atoms with van der Waals surface area (Å²) in [6.07, 6.45) is 0.